The summed E-state index contributed by atoms with van der Waals surface area (Å²) in [5.74, 6) is -0.776. The first-order chi connectivity index (χ1) is 15.4. The van der Waals surface area contributed by atoms with E-state index in [4.69, 9.17) is 4.74 Å². The van der Waals surface area contributed by atoms with E-state index in [0.29, 0.717) is 39.1 Å². The molecule has 0 saturated carbocycles. The Morgan fingerprint density at radius 1 is 0.938 bits per heavy atom. The van der Waals surface area contributed by atoms with Crippen LogP contribution in [-0.2, 0) is 22.7 Å². The van der Waals surface area contributed by atoms with Crippen LogP contribution in [0.15, 0.2) is 60.7 Å². The molecule has 2 aliphatic heterocycles. The third-order valence-electron chi connectivity index (χ3n) is 6.61. The lowest BCUT2D eigenvalue weighted by Crippen LogP contribution is -2.55. The highest BCUT2D eigenvalue weighted by molar-refractivity contribution is 5.84. The SMILES string of the molecule is O=C(N1CCC(OCc2ccccc2)CC1)C1(C(F)(F)F)CCN(Cc2ccccc2)C1. The number of piperidine rings is 1. The monoisotopic (exact) mass is 446 g/mol. The summed E-state index contributed by atoms with van der Waals surface area (Å²) >= 11 is 0. The Morgan fingerprint density at radius 2 is 1.53 bits per heavy atom. The van der Waals surface area contributed by atoms with Crippen molar-refractivity contribution >= 4 is 5.91 Å². The average Bonchev–Trinajstić information content (AvgIpc) is 3.24. The molecule has 7 heteroatoms. The zero-order valence-electron chi connectivity index (χ0n) is 18.1. The van der Waals surface area contributed by atoms with Crippen LogP contribution in [0.4, 0.5) is 13.2 Å². The molecule has 0 aliphatic carbocycles. The number of likely N-dealkylation sites (tertiary alicyclic amines) is 2. The summed E-state index contributed by atoms with van der Waals surface area (Å²) in [4.78, 5) is 16.3. The molecule has 172 valence electrons. The van der Waals surface area contributed by atoms with Crippen molar-refractivity contribution < 1.29 is 22.7 Å². The second kappa shape index (κ2) is 9.63. The number of carbonyl (C=O) groups excluding carboxylic acids is 1. The first kappa shape index (κ1) is 22.8. The molecule has 1 amide bonds. The summed E-state index contributed by atoms with van der Waals surface area (Å²) < 4.78 is 48.6. The molecular weight excluding hydrogens is 417 g/mol. The van der Waals surface area contributed by atoms with Gasteiger partial charge >= 0.3 is 6.18 Å². The number of nitrogens with zero attached hydrogens (tertiary/aromatic N) is 2. The van der Waals surface area contributed by atoms with Crippen molar-refractivity contribution in [3.63, 3.8) is 0 Å². The molecule has 32 heavy (non-hydrogen) atoms. The lowest BCUT2D eigenvalue weighted by atomic mass is 9.83. The zero-order valence-corrected chi connectivity index (χ0v) is 18.1. The molecule has 0 bridgehead atoms. The number of amides is 1. The van der Waals surface area contributed by atoms with Gasteiger partial charge in [-0.3, -0.25) is 9.69 Å². The molecule has 4 rings (SSSR count). The van der Waals surface area contributed by atoms with Crippen molar-refractivity contribution in [2.24, 2.45) is 5.41 Å². The molecule has 0 radical (unpaired) electrons. The molecule has 2 aromatic rings. The highest BCUT2D eigenvalue weighted by atomic mass is 19.4. The van der Waals surface area contributed by atoms with Gasteiger partial charge in [-0.25, -0.2) is 0 Å². The molecule has 2 fully saturated rings. The quantitative estimate of drug-likeness (QED) is 0.648. The van der Waals surface area contributed by atoms with E-state index in [-0.39, 0.29) is 25.6 Å². The van der Waals surface area contributed by atoms with Gasteiger partial charge in [-0.1, -0.05) is 60.7 Å². The van der Waals surface area contributed by atoms with Crippen LogP contribution in [0.25, 0.3) is 0 Å². The molecule has 4 nitrogen and oxygen atoms in total. The maximum absolute atomic E-state index is 14.2. The second-order valence-corrected chi connectivity index (χ2v) is 8.81. The molecule has 1 atom stereocenters. The molecule has 1 unspecified atom stereocenters. The van der Waals surface area contributed by atoms with Gasteiger partial charge in [-0.15, -0.1) is 0 Å². The minimum Gasteiger partial charge on any atom is -0.373 e. The molecule has 2 heterocycles. The van der Waals surface area contributed by atoms with Gasteiger partial charge < -0.3 is 9.64 Å². The van der Waals surface area contributed by atoms with Crippen LogP contribution in [0.5, 0.6) is 0 Å². The van der Waals surface area contributed by atoms with E-state index in [2.05, 4.69) is 0 Å². The Kier molecular flexibility index (Phi) is 6.86. The van der Waals surface area contributed by atoms with Crippen molar-refractivity contribution in [3.05, 3.63) is 71.8 Å². The van der Waals surface area contributed by atoms with E-state index in [1.807, 2.05) is 60.7 Å². The fourth-order valence-electron chi connectivity index (χ4n) is 4.71. The minimum absolute atomic E-state index is 0.0424. The minimum atomic E-state index is -4.57. The standard InChI is InChI=1S/C25H29F3N2O2/c26-25(27,28)24(13-16-29(19-24)17-20-7-3-1-4-8-20)23(31)30-14-11-22(12-15-30)32-18-21-9-5-2-6-10-21/h1-10,22H,11-19H2. The molecular formula is C25H29F3N2O2. The van der Waals surface area contributed by atoms with Crippen molar-refractivity contribution in [1.29, 1.82) is 0 Å². The van der Waals surface area contributed by atoms with Crippen LogP contribution in [0.3, 0.4) is 0 Å². The summed E-state index contributed by atoms with van der Waals surface area (Å²) in [5, 5.41) is 0. The largest absolute Gasteiger partial charge is 0.404 e. The van der Waals surface area contributed by atoms with Gasteiger partial charge in [0.15, 0.2) is 5.41 Å². The number of ether oxygens (including phenoxy) is 1. The number of hydrogen-bond donors (Lipinski definition) is 0. The average molecular weight is 447 g/mol. The van der Waals surface area contributed by atoms with Gasteiger partial charge in [0.25, 0.3) is 0 Å². The van der Waals surface area contributed by atoms with Gasteiger partial charge in [0.05, 0.1) is 12.7 Å². The fourth-order valence-corrected chi connectivity index (χ4v) is 4.71. The number of carbonyl (C=O) groups is 1. The van der Waals surface area contributed by atoms with Gasteiger partial charge in [0.2, 0.25) is 5.91 Å². The second-order valence-electron chi connectivity index (χ2n) is 8.81. The van der Waals surface area contributed by atoms with E-state index in [1.165, 1.54) is 4.90 Å². The van der Waals surface area contributed by atoms with E-state index in [9.17, 15) is 18.0 Å². The Balaban J connectivity index is 1.36. The Bertz CT molecular complexity index is 883. The highest BCUT2D eigenvalue weighted by Gasteiger charge is 2.64. The van der Waals surface area contributed by atoms with Crippen molar-refractivity contribution in [3.8, 4) is 0 Å². The smallest absolute Gasteiger partial charge is 0.373 e. The normalized spacial score (nSPS) is 22.9. The number of halogens is 3. The Morgan fingerprint density at radius 3 is 2.12 bits per heavy atom. The van der Waals surface area contributed by atoms with E-state index < -0.39 is 17.5 Å². The topological polar surface area (TPSA) is 32.8 Å². The molecule has 2 aromatic carbocycles. The number of alkyl halides is 3. The highest BCUT2D eigenvalue weighted by Crippen LogP contribution is 2.47. The van der Waals surface area contributed by atoms with E-state index >= 15 is 0 Å². The summed E-state index contributed by atoms with van der Waals surface area (Å²) in [6.07, 6.45) is -3.69. The van der Waals surface area contributed by atoms with Gasteiger partial charge in [0.1, 0.15) is 0 Å². The number of rotatable bonds is 6. The van der Waals surface area contributed by atoms with Crippen LogP contribution >= 0.6 is 0 Å². The maximum atomic E-state index is 14.2. The van der Waals surface area contributed by atoms with Crippen molar-refractivity contribution in [2.45, 2.75) is 44.7 Å². The van der Waals surface area contributed by atoms with Crippen LogP contribution < -0.4 is 0 Å². The predicted octanol–water partition coefficient (Wildman–Crippen LogP) is 4.65. The Labute approximate surface area is 187 Å². The molecule has 2 aliphatic rings. The van der Waals surface area contributed by atoms with Crippen LogP contribution in [0.2, 0.25) is 0 Å². The molecule has 0 spiro atoms. The van der Waals surface area contributed by atoms with Crippen LogP contribution in [-0.4, -0.2) is 54.2 Å². The summed E-state index contributed by atoms with van der Waals surface area (Å²) in [6.45, 7) is 1.47. The van der Waals surface area contributed by atoms with Gasteiger partial charge in [-0.2, -0.15) is 13.2 Å². The lowest BCUT2D eigenvalue weighted by Gasteiger charge is -2.39. The number of hydrogen-bond acceptors (Lipinski definition) is 3. The van der Waals surface area contributed by atoms with Gasteiger partial charge in [0, 0.05) is 26.2 Å². The van der Waals surface area contributed by atoms with Crippen molar-refractivity contribution in [2.75, 3.05) is 26.2 Å². The third-order valence-corrected chi connectivity index (χ3v) is 6.61. The van der Waals surface area contributed by atoms with Crippen molar-refractivity contribution in [1.82, 2.24) is 9.80 Å². The summed E-state index contributed by atoms with van der Waals surface area (Å²) in [6, 6.07) is 19.2. The zero-order chi connectivity index (χ0) is 22.6. The predicted molar refractivity (Wildman–Crippen MR) is 116 cm³/mol. The number of benzene rings is 2. The van der Waals surface area contributed by atoms with E-state index in [1.54, 1.807) is 4.90 Å². The molecule has 0 aromatic heterocycles. The summed E-state index contributed by atoms with van der Waals surface area (Å²) in [5.41, 5.74) is -0.305. The third kappa shape index (κ3) is 4.99. The summed E-state index contributed by atoms with van der Waals surface area (Å²) in [7, 11) is 0. The Hall–Kier alpha value is -2.38. The first-order valence-electron chi connectivity index (χ1n) is 11.2. The molecule has 2 saturated heterocycles. The van der Waals surface area contributed by atoms with E-state index in [0.717, 1.165) is 11.1 Å². The van der Waals surface area contributed by atoms with Crippen LogP contribution in [0.1, 0.15) is 30.4 Å². The fraction of sp³-hybridized carbons (Fsp3) is 0.480. The first-order valence-corrected chi connectivity index (χ1v) is 11.2. The lowest BCUT2D eigenvalue weighted by molar-refractivity contribution is -0.224. The van der Waals surface area contributed by atoms with Gasteiger partial charge in [-0.05, 0) is 36.9 Å². The molecule has 0 N–H and O–H groups in total. The van der Waals surface area contributed by atoms with Crippen LogP contribution in [0, 0.1) is 5.41 Å². The maximum Gasteiger partial charge on any atom is 0.404 e.